The number of piperidine rings is 2. The van der Waals surface area contributed by atoms with E-state index in [1.54, 1.807) is 0 Å². The van der Waals surface area contributed by atoms with Crippen LogP contribution in [0.3, 0.4) is 0 Å². The van der Waals surface area contributed by atoms with Gasteiger partial charge in [0.15, 0.2) is 5.65 Å². The van der Waals surface area contributed by atoms with Gasteiger partial charge in [0.1, 0.15) is 5.82 Å². The molecule has 5 rings (SSSR count). The van der Waals surface area contributed by atoms with Crippen molar-refractivity contribution in [2.75, 3.05) is 31.1 Å². The van der Waals surface area contributed by atoms with Gasteiger partial charge >= 0.3 is 0 Å². The van der Waals surface area contributed by atoms with Crippen LogP contribution in [0.4, 0.5) is 5.82 Å². The quantitative estimate of drug-likeness (QED) is 0.505. The lowest BCUT2D eigenvalue weighted by Gasteiger charge is -2.39. The molecule has 0 saturated carbocycles. The number of hydrogen-bond acceptors (Lipinski definition) is 4. The minimum Gasteiger partial charge on any atom is -0.356 e. The summed E-state index contributed by atoms with van der Waals surface area (Å²) in [5.41, 5.74) is 4.88. The van der Waals surface area contributed by atoms with Crippen molar-refractivity contribution in [2.45, 2.75) is 47.0 Å². The van der Waals surface area contributed by atoms with Gasteiger partial charge in [-0.2, -0.15) is 9.61 Å². The Bertz CT molecular complexity index is 1190. The number of carbonyl (C=O) groups is 1. The molecule has 1 amide bonds. The molecule has 2 aliphatic heterocycles. The first kappa shape index (κ1) is 23.2. The molecule has 0 N–H and O–H groups in total. The van der Waals surface area contributed by atoms with Crippen LogP contribution in [-0.2, 0) is 4.79 Å². The summed E-state index contributed by atoms with van der Waals surface area (Å²) in [6.07, 6.45) is 2.98. The van der Waals surface area contributed by atoms with Crippen molar-refractivity contribution in [1.82, 2.24) is 19.5 Å². The molecule has 2 aliphatic rings. The Morgan fingerprint density at radius 1 is 1.03 bits per heavy atom. The van der Waals surface area contributed by atoms with Crippen LogP contribution in [0.5, 0.6) is 0 Å². The van der Waals surface area contributed by atoms with E-state index in [2.05, 4.69) is 29.7 Å². The fourth-order valence-corrected chi connectivity index (χ4v) is 5.99. The van der Waals surface area contributed by atoms with E-state index >= 15 is 0 Å². The van der Waals surface area contributed by atoms with Gasteiger partial charge in [-0.25, -0.2) is 4.98 Å². The lowest BCUT2D eigenvalue weighted by atomic mass is 9.89. The van der Waals surface area contributed by atoms with Gasteiger partial charge in [-0.3, -0.25) is 4.79 Å². The Balaban J connectivity index is 1.38. The summed E-state index contributed by atoms with van der Waals surface area (Å²) in [4.78, 5) is 22.6. The first-order valence-corrected chi connectivity index (χ1v) is 12.8. The summed E-state index contributed by atoms with van der Waals surface area (Å²) in [5, 5.41) is 5.59. The van der Waals surface area contributed by atoms with E-state index in [9.17, 15) is 4.79 Å². The van der Waals surface area contributed by atoms with Crippen LogP contribution >= 0.6 is 11.6 Å². The number of benzene rings is 1. The second-order valence-electron chi connectivity index (χ2n) is 10.4. The van der Waals surface area contributed by atoms with Gasteiger partial charge in [-0.05, 0) is 62.6 Å². The van der Waals surface area contributed by atoms with E-state index in [4.69, 9.17) is 21.7 Å². The van der Waals surface area contributed by atoms with Crippen molar-refractivity contribution < 1.29 is 4.79 Å². The molecule has 0 aliphatic carbocycles. The second-order valence-corrected chi connectivity index (χ2v) is 10.8. The molecule has 3 aromatic rings. The third kappa shape index (κ3) is 4.40. The third-order valence-corrected chi connectivity index (χ3v) is 7.61. The largest absolute Gasteiger partial charge is 0.356 e. The first-order chi connectivity index (χ1) is 16.3. The van der Waals surface area contributed by atoms with Crippen molar-refractivity contribution in [3.8, 4) is 11.1 Å². The molecule has 6 nitrogen and oxygen atoms in total. The zero-order valence-electron chi connectivity index (χ0n) is 20.6. The molecule has 0 spiro atoms. The summed E-state index contributed by atoms with van der Waals surface area (Å²) in [7, 11) is 0. The van der Waals surface area contributed by atoms with E-state index in [-0.39, 0.29) is 5.92 Å². The number of carbonyl (C=O) groups excluding carboxylic acids is 1. The monoisotopic (exact) mass is 479 g/mol. The summed E-state index contributed by atoms with van der Waals surface area (Å²) in [6.45, 7) is 12.1. The Morgan fingerprint density at radius 2 is 1.68 bits per heavy atom. The van der Waals surface area contributed by atoms with Gasteiger partial charge in [0.2, 0.25) is 5.91 Å². The zero-order chi connectivity index (χ0) is 24.0. The van der Waals surface area contributed by atoms with E-state index < -0.39 is 0 Å². The average Bonchev–Trinajstić information content (AvgIpc) is 3.13. The Morgan fingerprint density at radius 3 is 2.32 bits per heavy atom. The number of aryl methyl sites for hydroxylation is 2. The first-order valence-electron chi connectivity index (χ1n) is 12.5. The smallest absolute Gasteiger partial charge is 0.225 e. The van der Waals surface area contributed by atoms with E-state index in [0.29, 0.717) is 22.8 Å². The van der Waals surface area contributed by atoms with E-state index in [1.165, 1.54) is 6.42 Å². The minimum absolute atomic E-state index is 0.121. The molecule has 180 valence electrons. The number of rotatable bonds is 3. The van der Waals surface area contributed by atoms with Crippen LogP contribution in [0, 0.1) is 31.6 Å². The average molecular weight is 480 g/mol. The molecular formula is C27H34ClN5O. The van der Waals surface area contributed by atoms with E-state index in [1.807, 2.05) is 42.6 Å². The Hall–Kier alpha value is -2.60. The molecule has 2 atom stereocenters. The van der Waals surface area contributed by atoms with Crippen LogP contribution in [0.1, 0.15) is 44.5 Å². The van der Waals surface area contributed by atoms with Crippen molar-refractivity contribution in [1.29, 1.82) is 0 Å². The predicted octanol–water partition coefficient (Wildman–Crippen LogP) is 5.39. The lowest BCUT2D eigenvalue weighted by molar-refractivity contribution is -0.138. The van der Waals surface area contributed by atoms with Crippen molar-refractivity contribution >= 4 is 29.0 Å². The topological polar surface area (TPSA) is 53.7 Å². The molecule has 0 bridgehead atoms. The Kier molecular flexibility index (Phi) is 6.28. The third-order valence-electron chi connectivity index (χ3n) is 7.35. The number of aromatic nitrogens is 3. The highest BCUT2D eigenvalue weighted by atomic mass is 35.5. The maximum absolute atomic E-state index is 13.3. The summed E-state index contributed by atoms with van der Waals surface area (Å²) in [5.74, 6) is 2.72. The molecule has 34 heavy (non-hydrogen) atoms. The highest BCUT2D eigenvalue weighted by molar-refractivity contribution is 6.30. The van der Waals surface area contributed by atoms with Gasteiger partial charge in [0, 0.05) is 54.4 Å². The molecule has 2 fully saturated rings. The number of halogens is 1. The summed E-state index contributed by atoms with van der Waals surface area (Å²) < 4.78 is 1.97. The minimum atomic E-state index is 0.121. The van der Waals surface area contributed by atoms with Crippen LogP contribution in [0.25, 0.3) is 16.8 Å². The number of amides is 1. The number of likely N-dealkylation sites (tertiary alicyclic amines) is 1. The predicted molar refractivity (Wildman–Crippen MR) is 137 cm³/mol. The van der Waals surface area contributed by atoms with Crippen molar-refractivity contribution in [3.05, 3.63) is 46.7 Å². The van der Waals surface area contributed by atoms with E-state index in [0.717, 1.165) is 73.0 Å². The molecular weight excluding hydrogens is 446 g/mol. The normalized spacial score (nSPS) is 21.9. The van der Waals surface area contributed by atoms with Gasteiger partial charge < -0.3 is 9.80 Å². The van der Waals surface area contributed by atoms with Gasteiger partial charge in [0.25, 0.3) is 0 Å². The van der Waals surface area contributed by atoms with Crippen LogP contribution in [0.2, 0.25) is 5.02 Å². The highest BCUT2D eigenvalue weighted by Crippen LogP contribution is 2.33. The summed E-state index contributed by atoms with van der Waals surface area (Å²) in [6, 6.07) is 9.97. The van der Waals surface area contributed by atoms with Crippen LogP contribution < -0.4 is 4.90 Å². The molecule has 0 radical (unpaired) electrons. The summed E-state index contributed by atoms with van der Waals surface area (Å²) >= 11 is 6.11. The van der Waals surface area contributed by atoms with Crippen molar-refractivity contribution in [2.24, 2.45) is 17.8 Å². The Labute approximate surface area is 206 Å². The van der Waals surface area contributed by atoms with Crippen LogP contribution in [-0.4, -0.2) is 51.6 Å². The fraction of sp³-hybridized carbons (Fsp3) is 0.519. The molecule has 2 aromatic heterocycles. The van der Waals surface area contributed by atoms with Crippen molar-refractivity contribution in [3.63, 3.8) is 0 Å². The van der Waals surface area contributed by atoms with Gasteiger partial charge in [-0.15, -0.1) is 0 Å². The fourth-order valence-electron chi connectivity index (χ4n) is 5.86. The lowest BCUT2D eigenvalue weighted by Crippen LogP contribution is -2.48. The van der Waals surface area contributed by atoms with Gasteiger partial charge in [-0.1, -0.05) is 37.6 Å². The zero-order valence-corrected chi connectivity index (χ0v) is 21.3. The van der Waals surface area contributed by atoms with Gasteiger partial charge in [0.05, 0.1) is 5.69 Å². The maximum atomic E-state index is 13.3. The number of hydrogen-bond donors (Lipinski definition) is 0. The SMILES string of the molecule is Cc1cc(N2CCC(C(=O)N3C[C@H](C)C[C@@H](C)C3)CC2)n2nc(C)c(-c3ccc(Cl)cc3)c2n1. The molecule has 0 unspecified atom stereocenters. The molecule has 1 aromatic carbocycles. The standard InChI is InChI=1S/C27H34ClN5O/c1-17-13-18(2)16-32(15-17)27(34)22-9-11-31(12-10-22)24-14-19(3)29-26-25(20(4)30-33(24)26)21-5-7-23(28)8-6-21/h5-8,14,17-18,22H,9-13,15-16H2,1-4H3/t17-,18-/m1/s1. The number of nitrogens with zero attached hydrogens (tertiary/aromatic N) is 5. The molecule has 7 heteroatoms. The molecule has 2 saturated heterocycles. The second kappa shape index (κ2) is 9.21. The van der Waals surface area contributed by atoms with Crippen LogP contribution in [0.15, 0.2) is 30.3 Å². The number of fused-ring (bicyclic) bond motifs is 1. The maximum Gasteiger partial charge on any atom is 0.225 e. The number of anilines is 1. The highest BCUT2D eigenvalue weighted by Gasteiger charge is 2.33. The molecule has 4 heterocycles.